The Hall–Kier alpha value is -1.56. The Balaban J connectivity index is 3.06. The van der Waals surface area contributed by atoms with Gasteiger partial charge in [0.15, 0.2) is 0 Å². The zero-order valence-electron chi connectivity index (χ0n) is 15.6. The van der Waals surface area contributed by atoms with Gasteiger partial charge in [-0.2, -0.15) is 21.6 Å². The molecule has 1 unspecified atom stereocenters. The Morgan fingerprint density at radius 1 is 1.19 bits per heavy atom. The van der Waals surface area contributed by atoms with E-state index in [2.05, 4.69) is 4.18 Å². The van der Waals surface area contributed by atoms with E-state index >= 15 is 0 Å². The number of piperidine rings is 1. The van der Waals surface area contributed by atoms with E-state index in [1.807, 2.05) is 0 Å². The monoisotopic (exact) mass is 419 g/mol. The Morgan fingerprint density at radius 3 is 2.26 bits per heavy atom. The highest BCUT2D eigenvalue weighted by molar-refractivity contribution is 7.87. The van der Waals surface area contributed by atoms with E-state index in [0.29, 0.717) is 0 Å². The molecule has 1 fully saturated rings. The fourth-order valence-electron chi connectivity index (χ4n) is 2.50. The van der Waals surface area contributed by atoms with Gasteiger partial charge in [-0.05, 0) is 40.5 Å². The Morgan fingerprint density at radius 2 is 1.78 bits per heavy atom. The number of hydrogen-bond acceptors (Lipinski definition) is 7. The lowest BCUT2D eigenvalue weighted by Crippen LogP contribution is -2.54. The van der Waals surface area contributed by atoms with Gasteiger partial charge in [-0.1, -0.05) is 0 Å². The third-order valence-corrected chi connectivity index (χ3v) is 4.71. The molecule has 1 saturated heterocycles. The molecule has 0 bridgehead atoms. The number of hydrogen-bond donors (Lipinski definition) is 0. The second-order valence-corrected chi connectivity index (χ2v) is 8.78. The minimum Gasteiger partial charge on any atom is -0.465 e. The van der Waals surface area contributed by atoms with E-state index in [0.717, 1.165) is 4.90 Å². The number of alkyl halides is 3. The highest BCUT2D eigenvalue weighted by Gasteiger charge is 2.52. The van der Waals surface area contributed by atoms with Gasteiger partial charge < -0.3 is 14.4 Å². The molecule has 0 aliphatic carbocycles. The minimum atomic E-state index is -5.89. The predicted octanol–water partition coefficient (Wildman–Crippen LogP) is 2.43. The van der Waals surface area contributed by atoms with E-state index in [1.165, 1.54) is 6.92 Å². The van der Waals surface area contributed by atoms with Gasteiger partial charge in [-0.25, -0.2) is 4.79 Å². The summed E-state index contributed by atoms with van der Waals surface area (Å²) in [6.07, 6.45) is -0.541. The van der Waals surface area contributed by atoms with Crippen molar-refractivity contribution in [3.05, 3.63) is 0 Å². The zero-order chi connectivity index (χ0) is 21.1. The summed E-state index contributed by atoms with van der Waals surface area (Å²) in [5.74, 6) is -0.935. The highest BCUT2D eigenvalue weighted by atomic mass is 32.2. The van der Waals surface area contributed by atoms with E-state index < -0.39 is 45.3 Å². The quantitative estimate of drug-likeness (QED) is 0.383. The van der Waals surface area contributed by atoms with Gasteiger partial charge in [0.05, 0.1) is 13.2 Å². The van der Waals surface area contributed by atoms with Crippen LogP contribution in [0.2, 0.25) is 0 Å². The molecule has 0 radical (unpaired) electrons. The zero-order valence-corrected chi connectivity index (χ0v) is 16.4. The standard InChI is InChI=1S/C15H24F3NO7S/c1-5-24-11(20)14(10-25-27(22,23)15(16,17)18)7-6-8-19(9-14)12(21)26-13(2,3)4/h5-10H2,1-4H3. The number of carbonyl (C=O) groups is 2. The van der Waals surface area contributed by atoms with Crippen LogP contribution < -0.4 is 0 Å². The fraction of sp³-hybridized carbons (Fsp3) is 0.867. The molecular formula is C15H24F3NO7S. The summed E-state index contributed by atoms with van der Waals surface area (Å²) in [6, 6.07) is 0. The van der Waals surface area contributed by atoms with Gasteiger partial charge in [0.2, 0.25) is 0 Å². The third kappa shape index (κ3) is 6.23. The lowest BCUT2D eigenvalue weighted by atomic mass is 9.80. The molecule has 158 valence electrons. The van der Waals surface area contributed by atoms with Gasteiger partial charge in [0.25, 0.3) is 0 Å². The van der Waals surface area contributed by atoms with Gasteiger partial charge in [0.1, 0.15) is 11.0 Å². The minimum absolute atomic E-state index is 0.00148. The molecule has 1 heterocycles. The van der Waals surface area contributed by atoms with Crippen LogP contribution in [0.4, 0.5) is 18.0 Å². The number of carbonyl (C=O) groups excluding carboxylic acids is 2. The van der Waals surface area contributed by atoms with Crippen molar-refractivity contribution >= 4 is 22.2 Å². The first-order valence-electron chi connectivity index (χ1n) is 8.24. The molecule has 0 aromatic heterocycles. The molecule has 1 aliphatic heterocycles. The van der Waals surface area contributed by atoms with Crippen molar-refractivity contribution in [2.45, 2.75) is 51.6 Å². The normalized spacial score (nSPS) is 21.7. The average Bonchev–Trinajstić information content (AvgIpc) is 2.51. The van der Waals surface area contributed by atoms with Crippen molar-refractivity contribution in [3.8, 4) is 0 Å². The molecule has 8 nitrogen and oxygen atoms in total. The molecule has 0 N–H and O–H groups in total. The lowest BCUT2D eigenvalue weighted by molar-refractivity contribution is -0.161. The number of esters is 1. The number of likely N-dealkylation sites (tertiary alicyclic amines) is 1. The molecule has 1 rings (SSSR count). The van der Waals surface area contributed by atoms with E-state index in [1.54, 1.807) is 20.8 Å². The number of rotatable bonds is 5. The van der Waals surface area contributed by atoms with E-state index in [-0.39, 0.29) is 32.5 Å². The van der Waals surface area contributed by atoms with Gasteiger partial charge in [-0.15, -0.1) is 0 Å². The second kappa shape index (κ2) is 8.21. The molecule has 0 spiro atoms. The first-order valence-corrected chi connectivity index (χ1v) is 9.65. The molecule has 1 aliphatic rings. The molecule has 1 amide bonds. The molecule has 0 saturated carbocycles. The Kier molecular flexibility index (Phi) is 7.14. The van der Waals surface area contributed by atoms with Crippen molar-refractivity contribution in [2.75, 3.05) is 26.3 Å². The van der Waals surface area contributed by atoms with Crippen molar-refractivity contribution in [3.63, 3.8) is 0 Å². The third-order valence-electron chi connectivity index (χ3n) is 3.71. The van der Waals surface area contributed by atoms with Crippen LogP contribution >= 0.6 is 0 Å². The molecule has 0 aromatic carbocycles. The Bertz CT molecular complexity index is 657. The smallest absolute Gasteiger partial charge is 0.465 e. The van der Waals surface area contributed by atoms with Gasteiger partial charge >= 0.3 is 27.7 Å². The molecule has 0 aromatic rings. The SMILES string of the molecule is CCOC(=O)C1(COS(=O)(=O)C(F)(F)F)CCCN(C(=O)OC(C)(C)C)C1. The summed E-state index contributed by atoms with van der Waals surface area (Å²) in [7, 11) is -5.89. The number of nitrogens with zero attached hydrogens (tertiary/aromatic N) is 1. The molecule has 1 atom stereocenters. The summed E-state index contributed by atoms with van der Waals surface area (Å²) in [6.45, 7) is 5.04. The van der Waals surface area contributed by atoms with Crippen LogP contribution in [0.1, 0.15) is 40.5 Å². The number of halogens is 3. The topological polar surface area (TPSA) is 99.2 Å². The van der Waals surface area contributed by atoms with Gasteiger partial charge in [-0.3, -0.25) is 8.98 Å². The average molecular weight is 419 g/mol. The first-order chi connectivity index (χ1) is 12.1. The summed E-state index contributed by atoms with van der Waals surface area (Å²) < 4.78 is 74.2. The van der Waals surface area contributed by atoms with Crippen LogP contribution in [0.15, 0.2) is 0 Å². The largest absolute Gasteiger partial charge is 0.523 e. The fourth-order valence-corrected chi connectivity index (χ4v) is 3.01. The molecular weight excluding hydrogens is 395 g/mol. The van der Waals surface area contributed by atoms with Crippen LogP contribution in [0.25, 0.3) is 0 Å². The van der Waals surface area contributed by atoms with Crippen molar-refractivity contribution < 1.29 is 44.8 Å². The Labute approximate surface area is 156 Å². The maximum atomic E-state index is 12.5. The van der Waals surface area contributed by atoms with Crippen LogP contribution in [0, 0.1) is 5.41 Å². The van der Waals surface area contributed by atoms with Crippen LogP contribution in [-0.2, 0) is 28.6 Å². The maximum absolute atomic E-state index is 12.5. The van der Waals surface area contributed by atoms with Crippen LogP contribution in [0.5, 0.6) is 0 Å². The number of ether oxygens (including phenoxy) is 2. The summed E-state index contributed by atoms with van der Waals surface area (Å²) in [4.78, 5) is 25.8. The molecule has 12 heteroatoms. The first kappa shape index (κ1) is 23.5. The van der Waals surface area contributed by atoms with Crippen molar-refractivity contribution in [1.82, 2.24) is 4.90 Å². The highest BCUT2D eigenvalue weighted by Crippen LogP contribution is 2.35. The predicted molar refractivity (Wildman–Crippen MR) is 87.0 cm³/mol. The molecule has 27 heavy (non-hydrogen) atoms. The second-order valence-electron chi connectivity index (χ2n) is 7.17. The summed E-state index contributed by atoms with van der Waals surface area (Å²) in [5, 5.41) is 0. The summed E-state index contributed by atoms with van der Waals surface area (Å²) >= 11 is 0. The van der Waals surface area contributed by atoms with E-state index in [4.69, 9.17) is 9.47 Å². The number of amides is 1. The maximum Gasteiger partial charge on any atom is 0.523 e. The van der Waals surface area contributed by atoms with Crippen LogP contribution in [-0.4, -0.2) is 62.8 Å². The van der Waals surface area contributed by atoms with Crippen molar-refractivity contribution in [2.24, 2.45) is 5.41 Å². The van der Waals surface area contributed by atoms with Crippen molar-refractivity contribution in [1.29, 1.82) is 0 Å². The lowest BCUT2D eigenvalue weighted by Gasteiger charge is -2.40. The van der Waals surface area contributed by atoms with Gasteiger partial charge in [0, 0.05) is 13.1 Å². The van der Waals surface area contributed by atoms with Crippen LogP contribution in [0.3, 0.4) is 0 Å². The summed E-state index contributed by atoms with van der Waals surface area (Å²) in [5.41, 5.74) is -8.19. The van der Waals surface area contributed by atoms with E-state index in [9.17, 15) is 31.2 Å².